The summed E-state index contributed by atoms with van der Waals surface area (Å²) in [5, 5.41) is 12.3. The summed E-state index contributed by atoms with van der Waals surface area (Å²) in [5.41, 5.74) is 0.936. The zero-order chi connectivity index (χ0) is 20.2. The van der Waals surface area contributed by atoms with Crippen LogP contribution in [-0.4, -0.2) is 14.3 Å². The highest BCUT2D eigenvalue weighted by Gasteiger charge is 2.39. The van der Waals surface area contributed by atoms with E-state index in [2.05, 4.69) is 16.1 Å². The largest absolute Gasteiger partial charge is 0.325 e. The molecular formula is C21H23N3O3S. The van der Waals surface area contributed by atoms with Gasteiger partial charge in [-0.15, -0.1) is 0 Å². The zero-order valence-corrected chi connectivity index (χ0v) is 16.6. The molecule has 0 heterocycles. The molecule has 1 amide bonds. The molecule has 0 aromatic heterocycles. The number of amides is 1. The van der Waals surface area contributed by atoms with E-state index < -0.39 is 15.4 Å². The number of hydrogen-bond donors (Lipinski definition) is 2. The lowest BCUT2D eigenvalue weighted by molar-refractivity contribution is -0.124. The van der Waals surface area contributed by atoms with Gasteiger partial charge in [-0.3, -0.25) is 9.52 Å². The van der Waals surface area contributed by atoms with Crippen LogP contribution in [-0.2, 0) is 14.8 Å². The standard InChI is InChI=1S/C21H23N3O3S/c1-16-5-11-19(12-6-16)28(26,27)24-18-9-7-17(8-10-18)23-20(25)21(15-22)13-3-2-4-14-21/h5-12,24H,2-4,13-14H2,1H3,(H,23,25). The molecular weight excluding hydrogens is 374 g/mol. The highest BCUT2D eigenvalue weighted by molar-refractivity contribution is 7.92. The number of hydrogen-bond acceptors (Lipinski definition) is 4. The van der Waals surface area contributed by atoms with E-state index in [1.165, 1.54) is 0 Å². The monoisotopic (exact) mass is 397 g/mol. The lowest BCUT2D eigenvalue weighted by Gasteiger charge is -2.29. The maximum absolute atomic E-state index is 12.6. The van der Waals surface area contributed by atoms with Gasteiger partial charge in [0.15, 0.2) is 0 Å². The molecule has 0 atom stereocenters. The van der Waals surface area contributed by atoms with Crippen LogP contribution in [0.15, 0.2) is 53.4 Å². The van der Waals surface area contributed by atoms with Gasteiger partial charge in [0.25, 0.3) is 10.0 Å². The molecule has 0 unspecified atom stereocenters. The summed E-state index contributed by atoms with van der Waals surface area (Å²) in [4.78, 5) is 12.8. The van der Waals surface area contributed by atoms with Crippen molar-refractivity contribution in [2.24, 2.45) is 5.41 Å². The summed E-state index contributed by atoms with van der Waals surface area (Å²) in [6, 6.07) is 15.2. The van der Waals surface area contributed by atoms with E-state index in [9.17, 15) is 18.5 Å². The molecule has 1 aliphatic rings. The molecule has 28 heavy (non-hydrogen) atoms. The van der Waals surface area contributed by atoms with Crippen LogP contribution in [0.2, 0.25) is 0 Å². The zero-order valence-electron chi connectivity index (χ0n) is 15.7. The van der Waals surface area contributed by atoms with Crippen molar-refractivity contribution in [3.8, 4) is 6.07 Å². The molecule has 2 aromatic rings. The molecule has 146 valence electrons. The van der Waals surface area contributed by atoms with E-state index in [0.29, 0.717) is 24.2 Å². The number of aryl methyl sites for hydroxylation is 1. The van der Waals surface area contributed by atoms with Crippen LogP contribution in [0.4, 0.5) is 11.4 Å². The maximum atomic E-state index is 12.6. The molecule has 3 rings (SSSR count). The third kappa shape index (κ3) is 4.34. The van der Waals surface area contributed by atoms with E-state index in [4.69, 9.17) is 0 Å². The summed E-state index contributed by atoms with van der Waals surface area (Å²) in [6.07, 6.45) is 3.95. The second-order valence-electron chi connectivity index (χ2n) is 7.20. The fourth-order valence-corrected chi connectivity index (χ4v) is 4.41. The summed E-state index contributed by atoms with van der Waals surface area (Å²) >= 11 is 0. The molecule has 0 bridgehead atoms. The number of nitrogens with zero attached hydrogens (tertiary/aromatic N) is 1. The van der Waals surface area contributed by atoms with Gasteiger partial charge < -0.3 is 5.32 Å². The van der Waals surface area contributed by atoms with E-state index in [0.717, 1.165) is 24.8 Å². The molecule has 1 aliphatic carbocycles. The van der Waals surface area contributed by atoms with E-state index in [1.807, 2.05) is 6.92 Å². The number of benzene rings is 2. The molecule has 2 N–H and O–H groups in total. The number of rotatable bonds is 5. The first-order valence-corrected chi connectivity index (χ1v) is 10.8. The molecule has 6 nitrogen and oxygen atoms in total. The second kappa shape index (κ2) is 8.03. The van der Waals surface area contributed by atoms with Crippen LogP contribution < -0.4 is 10.0 Å². The van der Waals surface area contributed by atoms with Gasteiger partial charge in [-0.1, -0.05) is 37.0 Å². The van der Waals surface area contributed by atoms with E-state index in [-0.39, 0.29) is 10.8 Å². The Balaban J connectivity index is 1.69. The summed E-state index contributed by atoms with van der Waals surface area (Å²) in [7, 11) is -3.68. The van der Waals surface area contributed by atoms with Crippen LogP contribution in [0.1, 0.15) is 37.7 Å². The first kappa shape index (κ1) is 19.9. The highest BCUT2D eigenvalue weighted by Crippen LogP contribution is 2.36. The minimum absolute atomic E-state index is 0.184. The van der Waals surface area contributed by atoms with Crippen LogP contribution in [0.5, 0.6) is 0 Å². The van der Waals surface area contributed by atoms with Gasteiger partial charge in [0.2, 0.25) is 5.91 Å². The number of nitriles is 1. The molecule has 0 saturated heterocycles. The Morgan fingerprint density at radius 1 is 0.964 bits per heavy atom. The van der Waals surface area contributed by atoms with Crippen LogP contribution in [0, 0.1) is 23.7 Å². The van der Waals surface area contributed by atoms with Gasteiger partial charge in [-0.25, -0.2) is 8.42 Å². The van der Waals surface area contributed by atoms with E-state index >= 15 is 0 Å². The van der Waals surface area contributed by atoms with Crippen LogP contribution >= 0.6 is 0 Å². The number of sulfonamides is 1. The Bertz CT molecular complexity index is 985. The minimum atomic E-state index is -3.68. The average Bonchev–Trinajstić information content (AvgIpc) is 2.70. The first-order valence-electron chi connectivity index (χ1n) is 9.27. The molecule has 7 heteroatoms. The molecule has 0 spiro atoms. The van der Waals surface area contributed by atoms with Crippen LogP contribution in [0.3, 0.4) is 0 Å². The van der Waals surface area contributed by atoms with Gasteiger partial charge in [-0.2, -0.15) is 5.26 Å². The fourth-order valence-electron chi connectivity index (χ4n) is 3.35. The SMILES string of the molecule is Cc1ccc(S(=O)(=O)Nc2ccc(NC(=O)C3(C#N)CCCCC3)cc2)cc1. The fraction of sp³-hybridized carbons (Fsp3) is 0.333. The Hall–Kier alpha value is -2.85. The Morgan fingerprint density at radius 3 is 2.11 bits per heavy atom. The molecule has 0 radical (unpaired) electrons. The summed E-state index contributed by atoms with van der Waals surface area (Å²) < 4.78 is 27.4. The summed E-state index contributed by atoms with van der Waals surface area (Å²) in [6.45, 7) is 1.89. The number of carbonyl (C=O) groups excluding carboxylic acids is 1. The predicted octanol–water partition coefficient (Wildman–Crippen LogP) is 4.21. The Morgan fingerprint density at radius 2 is 1.54 bits per heavy atom. The second-order valence-corrected chi connectivity index (χ2v) is 8.89. The lowest BCUT2D eigenvalue weighted by Crippen LogP contribution is -2.36. The highest BCUT2D eigenvalue weighted by atomic mass is 32.2. The number of carbonyl (C=O) groups is 1. The maximum Gasteiger partial charge on any atom is 0.261 e. The van der Waals surface area contributed by atoms with Crippen molar-refractivity contribution in [1.29, 1.82) is 5.26 Å². The lowest BCUT2D eigenvalue weighted by atomic mass is 9.74. The molecule has 1 fully saturated rings. The minimum Gasteiger partial charge on any atom is -0.325 e. The molecule has 1 saturated carbocycles. The van der Waals surface area contributed by atoms with Crippen molar-refractivity contribution in [2.45, 2.75) is 43.9 Å². The van der Waals surface area contributed by atoms with Crippen LogP contribution in [0.25, 0.3) is 0 Å². The van der Waals surface area contributed by atoms with Gasteiger partial charge in [-0.05, 0) is 56.2 Å². The first-order chi connectivity index (χ1) is 13.3. The predicted molar refractivity (Wildman–Crippen MR) is 108 cm³/mol. The smallest absolute Gasteiger partial charge is 0.261 e. The topological polar surface area (TPSA) is 99.1 Å². The molecule has 2 aromatic carbocycles. The normalized spacial score (nSPS) is 16.0. The molecule has 0 aliphatic heterocycles. The quantitative estimate of drug-likeness (QED) is 0.789. The Labute approximate surface area is 165 Å². The summed E-state index contributed by atoms with van der Waals surface area (Å²) in [5.74, 6) is -0.289. The van der Waals surface area contributed by atoms with Crippen molar-refractivity contribution < 1.29 is 13.2 Å². The van der Waals surface area contributed by atoms with Gasteiger partial charge in [0, 0.05) is 11.4 Å². The number of anilines is 2. The third-order valence-electron chi connectivity index (χ3n) is 5.08. The third-order valence-corrected chi connectivity index (χ3v) is 6.48. The average molecular weight is 398 g/mol. The van der Waals surface area contributed by atoms with Crippen molar-refractivity contribution in [1.82, 2.24) is 0 Å². The van der Waals surface area contributed by atoms with Crippen molar-refractivity contribution >= 4 is 27.3 Å². The van der Waals surface area contributed by atoms with Gasteiger partial charge in [0.05, 0.1) is 11.0 Å². The number of nitrogens with one attached hydrogen (secondary N) is 2. The van der Waals surface area contributed by atoms with Crippen molar-refractivity contribution in [3.05, 3.63) is 54.1 Å². The van der Waals surface area contributed by atoms with E-state index in [1.54, 1.807) is 48.5 Å². The van der Waals surface area contributed by atoms with Crippen molar-refractivity contribution in [2.75, 3.05) is 10.0 Å². The van der Waals surface area contributed by atoms with Gasteiger partial charge >= 0.3 is 0 Å². The van der Waals surface area contributed by atoms with Gasteiger partial charge in [0.1, 0.15) is 5.41 Å². The Kier molecular flexibility index (Phi) is 5.71. The van der Waals surface area contributed by atoms with Crippen molar-refractivity contribution in [3.63, 3.8) is 0 Å².